The number of hydrogen-bond donors (Lipinski definition) is 2. The van der Waals surface area contributed by atoms with Gasteiger partial charge in [0.15, 0.2) is 0 Å². The molecule has 0 saturated heterocycles. The van der Waals surface area contributed by atoms with Gasteiger partial charge in [-0.1, -0.05) is 29.3 Å². The Morgan fingerprint density at radius 3 is 2.67 bits per heavy atom. The molecule has 0 unspecified atom stereocenters. The Morgan fingerprint density at radius 2 is 2.12 bits per heavy atom. The third-order valence-corrected chi connectivity index (χ3v) is 2.93. The summed E-state index contributed by atoms with van der Waals surface area (Å²) in [5.74, 6) is 0. The van der Waals surface area contributed by atoms with Gasteiger partial charge in [-0.05, 0) is 42.1 Å². The van der Waals surface area contributed by atoms with Crippen molar-refractivity contribution in [1.82, 2.24) is 25.1 Å². The minimum absolute atomic E-state index is 0.237. The molecule has 0 bridgehead atoms. The molecule has 1 aromatic carbocycles. The molecule has 2 rings (SSSR count). The van der Waals surface area contributed by atoms with Crippen molar-refractivity contribution in [2.45, 2.75) is 13.8 Å². The predicted octanol–water partition coefficient (Wildman–Crippen LogP) is 1.24. The van der Waals surface area contributed by atoms with Crippen LogP contribution in [0.15, 0.2) is 29.1 Å². The molecule has 9 nitrogen and oxygen atoms in total. The van der Waals surface area contributed by atoms with Crippen LogP contribution in [0.2, 0.25) is 5.02 Å². The lowest BCUT2D eigenvalue weighted by molar-refractivity contribution is 0.149. The highest BCUT2D eigenvalue weighted by Gasteiger charge is 2.13. The lowest BCUT2D eigenvalue weighted by atomic mass is 10.3. The van der Waals surface area contributed by atoms with E-state index in [0.717, 1.165) is 31.0 Å². The maximum Gasteiger partial charge on any atom is 0.438 e. The Morgan fingerprint density at radius 1 is 1.38 bits per heavy atom. The van der Waals surface area contributed by atoms with Crippen LogP contribution in [0.5, 0.6) is 0 Å². The van der Waals surface area contributed by atoms with Crippen molar-refractivity contribution in [3.05, 3.63) is 39.8 Å². The lowest BCUT2D eigenvalue weighted by Crippen LogP contribution is -2.28. The van der Waals surface area contributed by atoms with E-state index in [4.69, 9.17) is 21.4 Å². The number of nitrogens with one attached hydrogen (secondary N) is 1. The first-order valence-electron chi connectivity index (χ1n) is 7.34. The number of tetrazole rings is 1. The first kappa shape index (κ1) is 19.8. The highest BCUT2D eigenvalue weighted by molar-refractivity contribution is 6.30. The molecule has 1 aromatic heterocycles. The molecule has 0 radical (unpaired) electrons. The van der Waals surface area contributed by atoms with Crippen LogP contribution in [0, 0.1) is 0 Å². The fraction of sp³-hybridized carbons (Fsp3) is 0.429. The molecule has 0 atom stereocenters. The molecule has 0 aliphatic carbocycles. The zero-order valence-electron chi connectivity index (χ0n) is 13.5. The molecule has 0 amide bonds. The van der Waals surface area contributed by atoms with Crippen LogP contribution in [0.3, 0.4) is 0 Å². The van der Waals surface area contributed by atoms with E-state index in [1.54, 1.807) is 18.2 Å². The van der Waals surface area contributed by atoms with Crippen LogP contribution in [0.1, 0.15) is 13.8 Å². The van der Waals surface area contributed by atoms with Gasteiger partial charge in [-0.2, -0.15) is 4.68 Å². The van der Waals surface area contributed by atoms with E-state index in [0.29, 0.717) is 10.7 Å². The van der Waals surface area contributed by atoms with E-state index in [9.17, 15) is 9.59 Å². The Bertz CT molecular complexity index is 694. The van der Waals surface area contributed by atoms with Gasteiger partial charge in [0, 0.05) is 18.2 Å². The molecule has 24 heavy (non-hydrogen) atoms. The van der Waals surface area contributed by atoms with Gasteiger partial charge in [0.05, 0.1) is 12.3 Å². The van der Waals surface area contributed by atoms with E-state index >= 15 is 0 Å². The van der Waals surface area contributed by atoms with Gasteiger partial charge in [0.1, 0.15) is 0 Å². The summed E-state index contributed by atoms with van der Waals surface area (Å²) in [4.78, 5) is 22.1. The monoisotopic (exact) mass is 357 g/mol. The van der Waals surface area contributed by atoms with Crippen molar-refractivity contribution in [2.75, 3.05) is 26.3 Å². The number of likely N-dealkylation sites (N-methyl/N-ethyl adjacent to an activating group) is 1. The topological polar surface area (TPSA) is 111 Å². The van der Waals surface area contributed by atoms with E-state index in [1.165, 1.54) is 6.07 Å². The molecule has 132 valence electrons. The normalized spacial score (nSPS) is 10.1. The summed E-state index contributed by atoms with van der Waals surface area (Å²) >= 11 is 5.73. The third-order valence-electron chi connectivity index (χ3n) is 2.69. The first-order valence-corrected chi connectivity index (χ1v) is 7.71. The van der Waals surface area contributed by atoms with Gasteiger partial charge in [-0.25, -0.2) is 9.59 Å². The van der Waals surface area contributed by atoms with Crippen LogP contribution in [-0.4, -0.2) is 57.3 Å². The van der Waals surface area contributed by atoms with Crippen LogP contribution >= 0.6 is 11.6 Å². The van der Waals surface area contributed by atoms with E-state index in [2.05, 4.69) is 22.7 Å². The molecule has 1 heterocycles. The Balaban J connectivity index is 0.000000307. The first-order chi connectivity index (χ1) is 11.5. The number of hydrogen-bond acceptors (Lipinski definition) is 6. The summed E-state index contributed by atoms with van der Waals surface area (Å²) in [7, 11) is 0. The van der Waals surface area contributed by atoms with E-state index < -0.39 is 11.8 Å². The zero-order chi connectivity index (χ0) is 17.9. The molecular weight excluding hydrogens is 338 g/mol. The highest BCUT2D eigenvalue weighted by atomic mass is 35.5. The summed E-state index contributed by atoms with van der Waals surface area (Å²) < 4.78 is 6.16. The summed E-state index contributed by atoms with van der Waals surface area (Å²) in [5, 5.41) is 18.8. The average molecular weight is 358 g/mol. The predicted molar refractivity (Wildman–Crippen MR) is 89.1 cm³/mol. The molecule has 2 aromatic rings. The summed E-state index contributed by atoms with van der Waals surface area (Å²) in [5.41, 5.74) is -0.514. The summed E-state index contributed by atoms with van der Waals surface area (Å²) in [6, 6.07) is 6.28. The van der Waals surface area contributed by atoms with Gasteiger partial charge < -0.3 is 15.2 Å². The highest BCUT2D eigenvalue weighted by Crippen LogP contribution is 2.11. The number of halogens is 1. The van der Waals surface area contributed by atoms with Crippen LogP contribution < -0.4 is 11.0 Å². The van der Waals surface area contributed by atoms with Crippen molar-refractivity contribution in [3.8, 4) is 5.69 Å². The Hall–Kier alpha value is -2.23. The van der Waals surface area contributed by atoms with Gasteiger partial charge >= 0.3 is 11.8 Å². The fourth-order valence-electron chi connectivity index (χ4n) is 1.60. The Labute approximate surface area is 143 Å². The second-order valence-electron chi connectivity index (χ2n) is 4.40. The second kappa shape index (κ2) is 10.5. The van der Waals surface area contributed by atoms with Crippen molar-refractivity contribution >= 4 is 17.7 Å². The average Bonchev–Trinajstić information content (AvgIpc) is 2.94. The van der Waals surface area contributed by atoms with Gasteiger partial charge in [0.25, 0.3) is 0 Å². The minimum Gasteiger partial charge on any atom is -0.463 e. The number of carbonyl (C=O) groups is 1. The number of aromatic nitrogens is 4. The summed E-state index contributed by atoms with van der Waals surface area (Å²) in [6.07, 6.45) is -1.49. The molecular formula is C14H20ClN5O4. The molecule has 0 aliphatic heterocycles. The zero-order valence-corrected chi connectivity index (χ0v) is 14.2. The maximum atomic E-state index is 11.5. The number of ether oxygens (including phenoxy) is 1. The standard InChI is InChI=1S/C8H5ClN4O3.C6H15NO/c9-5-2-1-3-6(4-5)12-7(14)13(8(15)16)11-10-12;1-3-7-5-6-8-4-2/h1-4H,(H,15,16);7H,3-6H2,1-2H3. The molecule has 10 heteroatoms. The van der Waals surface area contributed by atoms with Crippen molar-refractivity contribution in [1.29, 1.82) is 0 Å². The van der Waals surface area contributed by atoms with Gasteiger partial charge in [-0.15, -0.1) is 0 Å². The lowest BCUT2D eigenvalue weighted by Gasteiger charge is -1.99. The summed E-state index contributed by atoms with van der Waals surface area (Å²) in [6.45, 7) is 7.77. The molecule has 0 spiro atoms. The number of benzene rings is 1. The van der Waals surface area contributed by atoms with E-state index in [1.807, 2.05) is 6.92 Å². The quantitative estimate of drug-likeness (QED) is 0.591. The number of rotatable bonds is 6. The smallest absolute Gasteiger partial charge is 0.438 e. The SMILES string of the molecule is CCNCCOCC.O=C(O)n1nnn(-c2cccc(Cl)c2)c1=O. The van der Waals surface area contributed by atoms with E-state index in [-0.39, 0.29) is 4.68 Å². The number of carboxylic acid groups (broad SMARTS) is 1. The van der Waals surface area contributed by atoms with Crippen molar-refractivity contribution in [2.24, 2.45) is 0 Å². The van der Waals surface area contributed by atoms with Crippen LogP contribution in [0.25, 0.3) is 5.69 Å². The molecule has 2 N–H and O–H groups in total. The van der Waals surface area contributed by atoms with Gasteiger partial charge in [0.2, 0.25) is 0 Å². The molecule has 0 saturated carbocycles. The third kappa shape index (κ3) is 6.11. The fourth-order valence-corrected chi connectivity index (χ4v) is 1.79. The van der Waals surface area contributed by atoms with Crippen molar-refractivity contribution in [3.63, 3.8) is 0 Å². The maximum absolute atomic E-state index is 11.5. The van der Waals surface area contributed by atoms with Crippen LogP contribution in [-0.2, 0) is 4.74 Å². The Kier molecular flexibility index (Phi) is 8.69. The van der Waals surface area contributed by atoms with Gasteiger partial charge in [-0.3, -0.25) is 0 Å². The largest absolute Gasteiger partial charge is 0.463 e. The molecule has 0 fully saturated rings. The molecule has 0 aliphatic rings. The van der Waals surface area contributed by atoms with Crippen molar-refractivity contribution < 1.29 is 14.6 Å². The minimum atomic E-state index is -1.49. The van der Waals surface area contributed by atoms with Crippen LogP contribution in [0.4, 0.5) is 4.79 Å². The second-order valence-corrected chi connectivity index (χ2v) is 4.83. The number of nitrogens with zero attached hydrogens (tertiary/aromatic N) is 4.